The van der Waals surface area contributed by atoms with Gasteiger partial charge in [0.05, 0.1) is 5.56 Å². The van der Waals surface area contributed by atoms with Crippen LogP contribution in [0.4, 0.5) is 5.69 Å². The Hall–Kier alpha value is -4.11. The molecule has 1 heterocycles. The van der Waals surface area contributed by atoms with Crippen molar-refractivity contribution >= 4 is 17.5 Å². The molecule has 0 unspecified atom stereocenters. The monoisotopic (exact) mass is 439 g/mol. The molecule has 0 radical (unpaired) electrons. The van der Waals surface area contributed by atoms with E-state index < -0.39 is 5.91 Å². The lowest BCUT2D eigenvalue weighted by Crippen LogP contribution is -2.24. The van der Waals surface area contributed by atoms with Gasteiger partial charge in [-0.1, -0.05) is 24.3 Å². The number of aryl methyl sites for hydroxylation is 2. The maximum Gasteiger partial charge on any atom is 0.248 e. The first kappa shape index (κ1) is 22.1. The average molecular weight is 440 g/mol. The number of hydrogen-bond donors (Lipinski definition) is 1. The second kappa shape index (κ2) is 8.79. The van der Waals surface area contributed by atoms with Gasteiger partial charge in [-0.3, -0.25) is 9.59 Å². The number of carbonyl (C=O) groups excluding carboxylic acids is 2. The van der Waals surface area contributed by atoms with Crippen LogP contribution in [0, 0.1) is 32.1 Å². The summed E-state index contributed by atoms with van der Waals surface area (Å²) < 4.78 is 6.25. The minimum Gasteiger partial charge on any atom is -0.455 e. The highest BCUT2D eigenvalue weighted by Gasteiger charge is 2.32. The molecule has 1 aliphatic heterocycles. The molecule has 4 rings (SSSR count). The first-order valence-corrected chi connectivity index (χ1v) is 10.8. The molecule has 166 valence electrons. The van der Waals surface area contributed by atoms with Crippen molar-refractivity contribution < 1.29 is 14.3 Å². The zero-order valence-corrected chi connectivity index (χ0v) is 18.9. The molecular formula is C27H25N3O3. The fourth-order valence-corrected chi connectivity index (χ4v) is 4.17. The highest BCUT2D eigenvalue weighted by atomic mass is 16.5. The lowest BCUT2D eigenvalue weighted by Gasteiger charge is -2.19. The van der Waals surface area contributed by atoms with E-state index >= 15 is 0 Å². The largest absolute Gasteiger partial charge is 0.455 e. The molecule has 1 saturated heterocycles. The standard InChI is InChI=1S/C27H25N3O3/c1-16-7-8-17(2)26(18(16)3)33-24-12-19(9-10-21(24)14-28)22-13-25(31)30(15-22)23-6-4-5-20(11-23)27(29)32/h4-12,22H,13,15H2,1-3H3,(H2,29,32)/t22-/m0/s1. The van der Waals surface area contributed by atoms with Gasteiger partial charge in [0, 0.05) is 30.1 Å². The van der Waals surface area contributed by atoms with Gasteiger partial charge in [0.2, 0.25) is 11.8 Å². The number of anilines is 1. The zero-order chi connectivity index (χ0) is 23.7. The molecular weight excluding hydrogens is 414 g/mol. The second-order valence-corrected chi connectivity index (χ2v) is 8.44. The van der Waals surface area contributed by atoms with Crippen LogP contribution in [0.2, 0.25) is 0 Å². The Morgan fingerprint density at radius 1 is 1.09 bits per heavy atom. The van der Waals surface area contributed by atoms with Crippen molar-refractivity contribution in [2.75, 3.05) is 11.4 Å². The van der Waals surface area contributed by atoms with Crippen LogP contribution < -0.4 is 15.4 Å². The molecule has 2 N–H and O–H groups in total. The van der Waals surface area contributed by atoms with E-state index in [1.165, 1.54) is 0 Å². The summed E-state index contributed by atoms with van der Waals surface area (Å²) in [5.74, 6) is 0.600. The minimum absolute atomic E-state index is 0.0289. The number of nitrogens with two attached hydrogens (primary N) is 1. The maximum absolute atomic E-state index is 12.8. The number of benzene rings is 3. The molecule has 6 nitrogen and oxygen atoms in total. The van der Waals surface area contributed by atoms with Gasteiger partial charge in [-0.25, -0.2) is 0 Å². The van der Waals surface area contributed by atoms with Crippen LogP contribution >= 0.6 is 0 Å². The summed E-state index contributed by atoms with van der Waals surface area (Å²) in [6.07, 6.45) is 0.328. The Morgan fingerprint density at radius 3 is 2.58 bits per heavy atom. The van der Waals surface area contributed by atoms with E-state index in [1.54, 1.807) is 35.2 Å². The Labute approximate surface area is 193 Å². The third-order valence-electron chi connectivity index (χ3n) is 6.25. The normalized spacial score (nSPS) is 15.4. The van der Waals surface area contributed by atoms with Crippen LogP contribution in [0.5, 0.6) is 11.5 Å². The molecule has 0 spiro atoms. The summed E-state index contributed by atoms with van der Waals surface area (Å²) in [4.78, 5) is 26.0. The van der Waals surface area contributed by atoms with Gasteiger partial charge in [-0.15, -0.1) is 0 Å². The van der Waals surface area contributed by atoms with Crippen molar-refractivity contribution in [2.45, 2.75) is 33.1 Å². The first-order valence-electron chi connectivity index (χ1n) is 10.8. The van der Waals surface area contributed by atoms with Crippen LogP contribution in [-0.4, -0.2) is 18.4 Å². The number of amides is 2. The SMILES string of the molecule is Cc1ccc(C)c(Oc2cc([C@H]3CC(=O)N(c4cccc(C(N)=O)c4)C3)ccc2C#N)c1C. The van der Waals surface area contributed by atoms with Crippen molar-refractivity contribution in [1.29, 1.82) is 5.26 Å². The third-order valence-corrected chi connectivity index (χ3v) is 6.25. The first-order chi connectivity index (χ1) is 15.8. The zero-order valence-electron chi connectivity index (χ0n) is 18.9. The number of hydrogen-bond acceptors (Lipinski definition) is 4. The molecule has 0 aromatic heterocycles. The number of rotatable bonds is 5. The van der Waals surface area contributed by atoms with Gasteiger partial charge in [0.15, 0.2) is 0 Å². The van der Waals surface area contributed by atoms with Gasteiger partial charge in [0.1, 0.15) is 17.6 Å². The molecule has 33 heavy (non-hydrogen) atoms. The van der Waals surface area contributed by atoms with Gasteiger partial charge in [0.25, 0.3) is 0 Å². The minimum atomic E-state index is -0.532. The number of ether oxygens (including phenoxy) is 1. The van der Waals surface area contributed by atoms with Crippen LogP contribution in [0.3, 0.4) is 0 Å². The second-order valence-electron chi connectivity index (χ2n) is 8.44. The Kier molecular flexibility index (Phi) is 5.89. The highest BCUT2D eigenvalue weighted by Crippen LogP contribution is 2.37. The summed E-state index contributed by atoms with van der Waals surface area (Å²) in [6, 6.07) is 18.5. The molecule has 0 saturated carbocycles. The van der Waals surface area contributed by atoms with E-state index in [4.69, 9.17) is 10.5 Å². The number of nitrogens with zero attached hydrogens (tertiary/aromatic N) is 2. The number of nitriles is 1. The average Bonchev–Trinajstić information content (AvgIpc) is 3.20. The maximum atomic E-state index is 12.8. The highest BCUT2D eigenvalue weighted by molar-refractivity contribution is 5.99. The van der Waals surface area contributed by atoms with Gasteiger partial charge in [-0.05, 0) is 73.4 Å². The van der Waals surface area contributed by atoms with Crippen molar-refractivity contribution in [3.63, 3.8) is 0 Å². The van der Waals surface area contributed by atoms with E-state index in [2.05, 4.69) is 6.07 Å². The molecule has 0 aliphatic carbocycles. The molecule has 3 aromatic rings. The van der Waals surface area contributed by atoms with Gasteiger partial charge >= 0.3 is 0 Å². The lowest BCUT2D eigenvalue weighted by atomic mass is 9.96. The molecule has 2 amide bonds. The van der Waals surface area contributed by atoms with Crippen molar-refractivity contribution in [2.24, 2.45) is 5.73 Å². The third kappa shape index (κ3) is 4.31. The van der Waals surface area contributed by atoms with Crippen molar-refractivity contribution in [3.8, 4) is 17.6 Å². The summed E-state index contributed by atoms with van der Waals surface area (Å²) in [5, 5.41) is 9.62. The Bertz CT molecular complexity index is 1310. The van der Waals surface area contributed by atoms with Crippen LogP contribution in [0.25, 0.3) is 0 Å². The topological polar surface area (TPSA) is 96.4 Å². The quantitative estimate of drug-likeness (QED) is 0.612. The van der Waals surface area contributed by atoms with Crippen LogP contribution in [0.15, 0.2) is 54.6 Å². The fraction of sp³-hybridized carbons (Fsp3) is 0.222. The fourth-order valence-electron chi connectivity index (χ4n) is 4.17. The number of primary amides is 1. The summed E-state index contributed by atoms with van der Waals surface area (Å²) in [6.45, 7) is 6.47. The molecule has 0 bridgehead atoms. The predicted octanol–water partition coefficient (Wildman–Crippen LogP) is 4.90. The summed E-state index contributed by atoms with van der Waals surface area (Å²) >= 11 is 0. The van der Waals surface area contributed by atoms with E-state index in [1.807, 2.05) is 45.0 Å². The van der Waals surface area contributed by atoms with Crippen molar-refractivity contribution in [3.05, 3.63) is 88.0 Å². The van der Waals surface area contributed by atoms with Gasteiger partial charge in [-0.2, -0.15) is 5.26 Å². The Balaban J connectivity index is 1.64. The molecule has 6 heteroatoms. The summed E-state index contributed by atoms with van der Waals surface area (Å²) in [5.41, 5.74) is 10.9. The molecule has 1 atom stereocenters. The lowest BCUT2D eigenvalue weighted by molar-refractivity contribution is -0.117. The van der Waals surface area contributed by atoms with Crippen molar-refractivity contribution in [1.82, 2.24) is 0 Å². The smallest absolute Gasteiger partial charge is 0.248 e. The summed E-state index contributed by atoms with van der Waals surface area (Å²) in [7, 11) is 0. The van der Waals surface area contributed by atoms with E-state index in [-0.39, 0.29) is 11.8 Å². The van der Waals surface area contributed by atoms with Crippen LogP contribution in [0.1, 0.15) is 50.5 Å². The van der Waals surface area contributed by atoms with Gasteiger partial charge < -0.3 is 15.4 Å². The predicted molar refractivity (Wildman–Crippen MR) is 127 cm³/mol. The van der Waals surface area contributed by atoms with E-state index in [0.717, 1.165) is 28.0 Å². The molecule has 1 aliphatic rings. The molecule has 3 aromatic carbocycles. The van der Waals surface area contributed by atoms with E-state index in [9.17, 15) is 14.9 Å². The number of carbonyl (C=O) groups is 2. The van der Waals surface area contributed by atoms with Crippen LogP contribution in [-0.2, 0) is 4.79 Å². The Morgan fingerprint density at radius 2 is 1.85 bits per heavy atom. The van der Waals surface area contributed by atoms with E-state index in [0.29, 0.717) is 35.5 Å². The molecule has 1 fully saturated rings.